The van der Waals surface area contributed by atoms with Gasteiger partial charge in [0.15, 0.2) is 0 Å². The van der Waals surface area contributed by atoms with E-state index in [2.05, 4.69) is 10.2 Å². The van der Waals surface area contributed by atoms with Crippen molar-refractivity contribution in [3.8, 4) is 0 Å². The van der Waals surface area contributed by atoms with E-state index in [0.29, 0.717) is 6.54 Å². The standard InChI is InChI=1S/C10H10Cl2N4O/c1-6-3-7(15(2)14-6)5-16-10(17)9(12)8(11)4-13-16/h3-4H,5H2,1-2H3. The lowest BCUT2D eigenvalue weighted by Crippen LogP contribution is -2.24. The van der Waals surface area contributed by atoms with E-state index in [-0.39, 0.29) is 10.0 Å². The molecule has 0 fully saturated rings. The van der Waals surface area contributed by atoms with E-state index >= 15 is 0 Å². The number of hydrogen-bond acceptors (Lipinski definition) is 3. The molecule has 0 aliphatic heterocycles. The second kappa shape index (κ2) is 4.50. The summed E-state index contributed by atoms with van der Waals surface area (Å²) in [4.78, 5) is 11.8. The molecule has 0 radical (unpaired) electrons. The Morgan fingerprint density at radius 3 is 2.71 bits per heavy atom. The molecule has 7 heteroatoms. The van der Waals surface area contributed by atoms with Gasteiger partial charge in [0.2, 0.25) is 0 Å². The third-order valence-electron chi connectivity index (χ3n) is 2.35. The van der Waals surface area contributed by atoms with Crippen molar-refractivity contribution >= 4 is 23.2 Å². The normalized spacial score (nSPS) is 10.8. The summed E-state index contributed by atoms with van der Waals surface area (Å²) in [6.45, 7) is 2.20. The van der Waals surface area contributed by atoms with Gasteiger partial charge in [-0.15, -0.1) is 0 Å². The van der Waals surface area contributed by atoms with E-state index in [1.165, 1.54) is 10.9 Å². The fourth-order valence-electron chi connectivity index (χ4n) is 1.52. The first-order valence-corrected chi connectivity index (χ1v) is 5.65. The van der Waals surface area contributed by atoms with Crippen molar-refractivity contribution in [1.82, 2.24) is 19.6 Å². The first kappa shape index (κ1) is 12.1. The fourth-order valence-corrected chi connectivity index (χ4v) is 1.79. The Hall–Kier alpha value is -1.33. The summed E-state index contributed by atoms with van der Waals surface area (Å²) in [7, 11) is 1.81. The molecule has 0 aliphatic carbocycles. The van der Waals surface area contributed by atoms with Gasteiger partial charge in [0.1, 0.15) is 5.02 Å². The number of rotatable bonds is 2. The van der Waals surface area contributed by atoms with Crippen LogP contribution in [-0.4, -0.2) is 19.6 Å². The fraction of sp³-hybridized carbons (Fsp3) is 0.300. The molecule has 2 heterocycles. The van der Waals surface area contributed by atoms with Gasteiger partial charge in [0, 0.05) is 7.05 Å². The molecule has 0 unspecified atom stereocenters. The maximum Gasteiger partial charge on any atom is 0.287 e. The summed E-state index contributed by atoms with van der Waals surface area (Å²) in [5.74, 6) is 0. The summed E-state index contributed by atoms with van der Waals surface area (Å²) in [5, 5.41) is 8.27. The lowest BCUT2D eigenvalue weighted by Gasteiger charge is -2.05. The van der Waals surface area contributed by atoms with Crippen molar-refractivity contribution in [2.75, 3.05) is 0 Å². The lowest BCUT2D eigenvalue weighted by molar-refractivity contribution is 0.591. The Kier molecular flexibility index (Phi) is 3.22. The molecule has 0 atom stereocenters. The maximum absolute atomic E-state index is 11.8. The number of aromatic nitrogens is 4. The SMILES string of the molecule is Cc1cc(Cn2ncc(Cl)c(Cl)c2=O)n(C)n1. The largest absolute Gasteiger partial charge is 0.287 e. The second-order valence-electron chi connectivity index (χ2n) is 3.67. The Balaban J connectivity index is 2.41. The molecular formula is C10H10Cl2N4O. The number of halogens is 2. The van der Waals surface area contributed by atoms with Crippen LogP contribution in [0, 0.1) is 6.92 Å². The van der Waals surface area contributed by atoms with E-state index in [0.717, 1.165) is 11.4 Å². The van der Waals surface area contributed by atoms with Gasteiger partial charge in [0.05, 0.1) is 29.2 Å². The van der Waals surface area contributed by atoms with Crippen molar-refractivity contribution in [3.05, 3.63) is 44.1 Å². The number of nitrogens with zero attached hydrogens (tertiary/aromatic N) is 4. The molecule has 90 valence electrons. The topological polar surface area (TPSA) is 52.7 Å². The van der Waals surface area contributed by atoms with Crippen molar-refractivity contribution < 1.29 is 0 Å². The Morgan fingerprint density at radius 2 is 2.12 bits per heavy atom. The minimum atomic E-state index is -0.405. The Labute approximate surface area is 108 Å². The van der Waals surface area contributed by atoms with Crippen LogP contribution in [0.5, 0.6) is 0 Å². The first-order valence-electron chi connectivity index (χ1n) is 4.89. The van der Waals surface area contributed by atoms with Gasteiger partial charge in [-0.2, -0.15) is 10.2 Å². The molecule has 0 aromatic carbocycles. The van der Waals surface area contributed by atoms with Crippen LogP contribution in [0.2, 0.25) is 10.0 Å². The molecular weight excluding hydrogens is 263 g/mol. The zero-order valence-corrected chi connectivity index (χ0v) is 10.8. The monoisotopic (exact) mass is 272 g/mol. The van der Waals surface area contributed by atoms with Crippen LogP contribution in [0.25, 0.3) is 0 Å². The minimum Gasteiger partial charge on any atom is -0.270 e. The van der Waals surface area contributed by atoms with E-state index in [1.54, 1.807) is 4.68 Å². The molecule has 0 saturated carbocycles. The van der Waals surface area contributed by atoms with Gasteiger partial charge in [-0.25, -0.2) is 4.68 Å². The first-order chi connectivity index (χ1) is 7.99. The summed E-state index contributed by atoms with van der Waals surface area (Å²) in [6, 6.07) is 1.89. The van der Waals surface area contributed by atoms with E-state index in [4.69, 9.17) is 23.2 Å². The molecule has 0 saturated heterocycles. The van der Waals surface area contributed by atoms with E-state index in [1.807, 2.05) is 20.0 Å². The third-order valence-corrected chi connectivity index (χ3v) is 3.10. The van der Waals surface area contributed by atoms with Crippen LogP contribution in [0.3, 0.4) is 0 Å². The lowest BCUT2D eigenvalue weighted by atomic mass is 10.3. The quantitative estimate of drug-likeness (QED) is 0.835. The summed E-state index contributed by atoms with van der Waals surface area (Å²) in [5.41, 5.74) is 1.35. The second-order valence-corrected chi connectivity index (χ2v) is 4.46. The molecule has 0 amide bonds. The van der Waals surface area contributed by atoms with Gasteiger partial charge in [-0.05, 0) is 13.0 Å². The highest BCUT2D eigenvalue weighted by molar-refractivity contribution is 6.41. The van der Waals surface area contributed by atoms with Crippen LogP contribution in [0.4, 0.5) is 0 Å². The summed E-state index contributed by atoms with van der Waals surface area (Å²) >= 11 is 11.5. The van der Waals surface area contributed by atoms with Gasteiger partial charge in [-0.3, -0.25) is 9.48 Å². The molecule has 0 bridgehead atoms. The van der Waals surface area contributed by atoms with Gasteiger partial charge in [-0.1, -0.05) is 23.2 Å². The van der Waals surface area contributed by atoms with Gasteiger partial charge in [0.25, 0.3) is 5.56 Å². The predicted molar refractivity (Wildman–Crippen MR) is 65.6 cm³/mol. The molecule has 2 aromatic heterocycles. The van der Waals surface area contributed by atoms with E-state index < -0.39 is 5.56 Å². The zero-order chi connectivity index (χ0) is 12.6. The minimum absolute atomic E-state index is 0.0134. The van der Waals surface area contributed by atoms with Crippen molar-refractivity contribution in [1.29, 1.82) is 0 Å². The van der Waals surface area contributed by atoms with Crippen molar-refractivity contribution in [2.45, 2.75) is 13.5 Å². The number of hydrogen-bond donors (Lipinski definition) is 0. The smallest absolute Gasteiger partial charge is 0.270 e. The molecule has 0 aliphatic rings. The van der Waals surface area contributed by atoms with Gasteiger partial charge >= 0.3 is 0 Å². The van der Waals surface area contributed by atoms with Crippen LogP contribution in [0.1, 0.15) is 11.4 Å². The molecule has 17 heavy (non-hydrogen) atoms. The highest BCUT2D eigenvalue weighted by atomic mass is 35.5. The predicted octanol–water partition coefficient (Wildman–Crippen LogP) is 1.64. The average Bonchev–Trinajstić information content (AvgIpc) is 2.58. The number of aryl methyl sites for hydroxylation is 2. The molecule has 5 nitrogen and oxygen atoms in total. The highest BCUT2D eigenvalue weighted by Gasteiger charge is 2.09. The van der Waals surface area contributed by atoms with Crippen LogP contribution in [0.15, 0.2) is 17.1 Å². The highest BCUT2D eigenvalue weighted by Crippen LogP contribution is 2.15. The van der Waals surface area contributed by atoms with Crippen LogP contribution < -0.4 is 5.56 Å². The van der Waals surface area contributed by atoms with Crippen molar-refractivity contribution in [2.24, 2.45) is 7.05 Å². The van der Waals surface area contributed by atoms with Crippen molar-refractivity contribution in [3.63, 3.8) is 0 Å². The molecule has 0 spiro atoms. The summed E-state index contributed by atoms with van der Waals surface area (Å²) < 4.78 is 2.95. The van der Waals surface area contributed by atoms with Crippen LogP contribution >= 0.6 is 23.2 Å². The van der Waals surface area contributed by atoms with Crippen LogP contribution in [-0.2, 0) is 13.6 Å². The maximum atomic E-state index is 11.8. The third kappa shape index (κ3) is 2.35. The molecule has 0 N–H and O–H groups in total. The zero-order valence-electron chi connectivity index (χ0n) is 9.31. The molecule has 2 aromatic rings. The Morgan fingerprint density at radius 1 is 1.41 bits per heavy atom. The van der Waals surface area contributed by atoms with Gasteiger partial charge < -0.3 is 0 Å². The van der Waals surface area contributed by atoms with E-state index in [9.17, 15) is 4.79 Å². The summed E-state index contributed by atoms with van der Waals surface area (Å²) in [6.07, 6.45) is 1.36. The Bertz CT molecular complexity index is 617. The average molecular weight is 273 g/mol. The molecule has 2 rings (SSSR count).